The minimum atomic E-state index is -4.79. The molecule has 0 radical (unpaired) electrons. The molecule has 1 rings (SSSR count). The molecule has 0 aliphatic rings. The number of nitro benzene ring substituents is 1. The van der Waals surface area contributed by atoms with Gasteiger partial charge in [-0.25, -0.2) is 0 Å². The maximum absolute atomic E-state index is 12.8. The molecule has 1 atom stereocenters. The maximum atomic E-state index is 12.8. The van der Waals surface area contributed by atoms with Gasteiger partial charge in [-0.3, -0.25) is 14.9 Å². The van der Waals surface area contributed by atoms with Gasteiger partial charge in [-0.05, 0) is 13.0 Å². The summed E-state index contributed by atoms with van der Waals surface area (Å²) >= 11 is 0.483. The number of halogens is 3. The molecule has 0 spiro atoms. The maximum Gasteiger partial charge on any atom is 0.417 e. The molecule has 0 fully saturated rings. The van der Waals surface area contributed by atoms with E-state index in [4.69, 9.17) is 5.11 Å². The second-order valence-electron chi connectivity index (χ2n) is 3.53. The predicted molar refractivity (Wildman–Crippen MR) is 61.1 cm³/mol. The molecule has 0 amide bonds. The number of nitro groups is 1. The van der Waals surface area contributed by atoms with E-state index in [2.05, 4.69) is 0 Å². The lowest BCUT2D eigenvalue weighted by Crippen LogP contribution is -2.14. The van der Waals surface area contributed by atoms with Gasteiger partial charge >= 0.3 is 12.1 Å². The summed E-state index contributed by atoms with van der Waals surface area (Å²) in [6.07, 6.45) is -4.79. The smallest absolute Gasteiger partial charge is 0.417 e. The first kappa shape index (κ1) is 15.3. The first-order chi connectivity index (χ1) is 8.62. The lowest BCUT2D eigenvalue weighted by atomic mass is 10.2. The number of carbonyl (C=O) groups is 1. The summed E-state index contributed by atoms with van der Waals surface area (Å²) in [6.45, 7) is 1.23. The molecule has 0 saturated heterocycles. The number of hydrogen-bond donors (Lipinski definition) is 1. The highest BCUT2D eigenvalue weighted by Gasteiger charge is 2.36. The van der Waals surface area contributed by atoms with Crippen molar-refractivity contribution in [3.63, 3.8) is 0 Å². The quantitative estimate of drug-likeness (QED) is 0.524. The Morgan fingerprint density at radius 1 is 1.47 bits per heavy atom. The Morgan fingerprint density at radius 2 is 2.05 bits per heavy atom. The summed E-state index contributed by atoms with van der Waals surface area (Å²) < 4.78 is 38.3. The average Bonchev–Trinajstić information content (AvgIpc) is 2.27. The van der Waals surface area contributed by atoms with E-state index in [0.29, 0.717) is 17.8 Å². The van der Waals surface area contributed by atoms with Crippen molar-refractivity contribution in [2.75, 3.05) is 0 Å². The van der Waals surface area contributed by atoms with Crippen LogP contribution in [0, 0.1) is 10.1 Å². The van der Waals surface area contributed by atoms with Crippen molar-refractivity contribution in [2.45, 2.75) is 23.2 Å². The van der Waals surface area contributed by atoms with Gasteiger partial charge < -0.3 is 5.11 Å². The van der Waals surface area contributed by atoms with Crippen LogP contribution in [0.15, 0.2) is 23.1 Å². The Hall–Kier alpha value is -1.77. The fourth-order valence-electron chi connectivity index (χ4n) is 1.20. The largest absolute Gasteiger partial charge is 0.480 e. The van der Waals surface area contributed by atoms with Crippen LogP contribution in [-0.4, -0.2) is 21.2 Å². The Morgan fingerprint density at radius 3 is 2.47 bits per heavy atom. The number of aliphatic carboxylic acids is 1. The molecule has 0 saturated carbocycles. The highest BCUT2D eigenvalue weighted by Crippen LogP contribution is 2.39. The van der Waals surface area contributed by atoms with Gasteiger partial charge in [-0.2, -0.15) is 13.2 Å². The zero-order chi connectivity index (χ0) is 14.8. The predicted octanol–water partition coefficient (Wildman–Crippen LogP) is 3.18. The van der Waals surface area contributed by atoms with E-state index >= 15 is 0 Å². The number of alkyl halides is 3. The summed E-state index contributed by atoms with van der Waals surface area (Å²) in [5, 5.41) is 18.0. The van der Waals surface area contributed by atoms with E-state index in [0.717, 1.165) is 12.1 Å². The van der Waals surface area contributed by atoms with Crippen LogP contribution in [0.25, 0.3) is 0 Å². The lowest BCUT2D eigenvalue weighted by Gasteiger charge is -2.13. The summed E-state index contributed by atoms with van der Waals surface area (Å²) in [4.78, 5) is 19.8. The van der Waals surface area contributed by atoms with Crippen LogP contribution in [0.1, 0.15) is 12.5 Å². The van der Waals surface area contributed by atoms with Gasteiger partial charge in [0.1, 0.15) is 5.25 Å². The number of carboxylic acid groups (broad SMARTS) is 1. The Labute approximate surface area is 109 Å². The van der Waals surface area contributed by atoms with Gasteiger partial charge in [0.15, 0.2) is 0 Å². The van der Waals surface area contributed by atoms with Crippen LogP contribution in [0.4, 0.5) is 18.9 Å². The normalized spacial score (nSPS) is 13.1. The third-order valence-electron chi connectivity index (χ3n) is 2.13. The van der Waals surface area contributed by atoms with E-state index in [1.165, 1.54) is 6.92 Å². The number of benzene rings is 1. The van der Waals surface area contributed by atoms with Crippen LogP contribution in [0.2, 0.25) is 0 Å². The molecular weight excluding hydrogens is 287 g/mol. The number of thioether (sulfide) groups is 1. The third kappa shape index (κ3) is 3.85. The van der Waals surface area contributed by atoms with Gasteiger partial charge in [-0.1, -0.05) is 0 Å². The first-order valence-corrected chi connectivity index (χ1v) is 5.76. The van der Waals surface area contributed by atoms with Gasteiger partial charge in [0.25, 0.3) is 5.69 Å². The van der Waals surface area contributed by atoms with E-state index in [-0.39, 0.29) is 4.90 Å². The third-order valence-corrected chi connectivity index (χ3v) is 3.30. The van der Waals surface area contributed by atoms with Gasteiger partial charge in [-0.15, -0.1) is 11.8 Å². The molecule has 1 N–H and O–H groups in total. The number of non-ortho nitro benzene ring substituents is 1. The van der Waals surface area contributed by atoms with Crippen molar-refractivity contribution < 1.29 is 28.0 Å². The van der Waals surface area contributed by atoms with Crippen molar-refractivity contribution in [2.24, 2.45) is 0 Å². The topological polar surface area (TPSA) is 80.4 Å². The van der Waals surface area contributed by atoms with E-state index < -0.39 is 33.6 Å². The Balaban J connectivity index is 3.24. The molecule has 1 aromatic carbocycles. The second kappa shape index (κ2) is 5.47. The highest BCUT2D eigenvalue weighted by atomic mass is 32.2. The first-order valence-electron chi connectivity index (χ1n) is 4.88. The van der Waals surface area contributed by atoms with Crippen molar-refractivity contribution in [3.8, 4) is 0 Å². The molecule has 0 bridgehead atoms. The molecule has 9 heteroatoms. The van der Waals surface area contributed by atoms with Crippen molar-refractivity contribution in [1.82, 2.24) is 0 Å². The molecule has 5 nitrogen and oxygen atoms in total. The standard InChI is InChI=1S/C10H8F3NO4S/c1-5(9(15)16)19-8-3-2-6(14(17)18)4-7(8)10(11,12)13/h2-5H,1H3,(H,15,16). The van der Waals surface area contributed by atoms with Crippen molar-refractivity contribution in [3.05, 3.63) is 33.9 Å². The highest BCUT2D eigenvalue weighted by molar-refractivity contribution is 8.00. The van der Waals surface area contributed by atoms with Gasteiger partial charge in [0.2, 0.25) is 0 Å². The number of carboxylic acids is 1. The second-order valence-corrected chi connectivity index (χ2v) is 4.92. The zero-order valence-electron chi connectivity index (χ0n) is 9.47. The van der Waals surface area contributed by atoms with Crippen LogP contribution >= 0.6 is 11.8 Å². The van der Waals surface area contributed by atoms with E-state index in [9.17, 15) is 28.1 Å². The van der Waals surface area contributed by atoms with Crippen molar-refractivity contribution in [1.29, 1.82) is 0 Å². The summed E-state index contributed by atoms with van der Waals surface area (Å²) in [5.74, 6) is -1.27. The van der Waals surface area contributed by atoms with Gasteiger partial charge in [0.05, 0.1) is 10.5 Å². The molecule has 0 aliphatic heterocycles. The van der Waals surface area contributed by atoms with Crippen LogP contribution in [0.3, 0.4) is 0 Å². The molecular formula is C10H8F3NO4S. The van der Waals surface area contributed by atoms with Crippen LogP contribution < -0.4 is 0 Å². The van der Waals surface area contributed by atoms with Crippen LogP contribution in [-0.2, 0) is 11.0 Å². The monoisotopic (exact) mass is 295 g/mol. The number of hydrogen-bond acceptors (Lipinski definition) is 4. The lowest BCUT2D eigenvalue weighted by molar-refractivity contribution is -0.385. The van der Waals surface area contributed by atoms with Crippen molar-refractivity contribution >= 4 is 23.4 Å². The molecule has 0 aliphatic carbocycles. The minimum Gasteiger partial charge on any atom is -0.480 e. The zero-order valence-corrected chi connectivity index (χ0v) is 10.3. The minimum absolute atomic E-state index is 0.354. The number of nitrogens with zero attached hydrogens (tertiary/aromatic N) is 1. The van der Waals surface area contributed by atoms with Gasteiger partial charge in [0, 0.05) is 17.0 Å². The number of rotatable bonds is 4. The fraction of sp³-hybridized carbons (Fsp3) is 0.300. The summed E-state index contributed by atoms with van der Waals surface area (Å²) in [5.41, 5.74) is -1.90. The molecule has 1 unspecified atom stereocenters. The summed E-state index contributed by atoms with van der Waals surface area (Å²) in [7, 11) is 0. The summed E-state index contributed by atoms with van der Waals surface area (Å²) in [6, 6.07) is 2.22. The SMILES string of the molecule is CC(Sc1ccc([N+](=O)[O-])cc1C(F)(F)F)C(=O)O. The van der Waals surface area contributed by atoms with Crippen LogP contribution in [0.5, 0.6) is 0 Å². The Kier molecular flexibility index (Phi) is 4.40. The fourth-order valence-corrected chi connectivity index (χ4v) is 2.13. The molecule has 1 aromatic rings. The average molecular weight is 295 g/mol. The van der Waals surface area contributed by atoms with E-state index in [1.54, 1.807) is 0 Å². The molecule has 19 heavy (non-hydrogen) atoms. The molecule has 104 valence electrons. The molecule has 0 heterocycles. The van der Waals surface area contributed by atoms with E-state index in [1.807, 2.05) is 0 Å². The Bertz CT molecular complexity index is 518. The molecule has 0 aromatic heterocycles.